The summed E-state index contributed by atoms with van der Waals surface area (Å²) in [6, 6.07) is 74.2. The number of ether oxygens (including phenoxy) is 2. The van der Waals surface area contributed by atoms with Crippen molar-refractivity contribution in [3.63, 3.8) is 0 Å². The molecule has 3 aliphatic carbocycles. The zero-order valence-electron chi connectivity index (χ0n) is 35.5. The molecule has 4 aliphatic rings. The summed E-state index contributed by atoms with van der Waals surface area (Å²) in [6.45, 7) is 0. The molecule has 3 heteroatoms. The second-order valence-electron chi connectivity index (χ2n) is 17.1. The fourth-order valence-corrected chi connectivity index (χ4v) is 10.8. The van der Waals surface area contributed by atoms with E-state index in [1.807, 2.05) is 6.07 Å². The smallest absolute Gasteiger partial charge is 0.172 e. The minimum Gasteiger partial charge on any atom is -0.449 e. The molecule has 0 saturated heterocycles. The molecule has 3 nitrogen and oxygen atoms in total. The molecule has 0 atom stereocenters. The van der Waals surface area contributed by atoms with Gasteiger partial charge >= 0.3 is 0 Å². The zero-order valence-corrected chi connectivity index (χ0v) is 35.5. The van der Waals surface area contributed by atoms with Crippen LogP contribution in [0.25, 0.3) is 50.1 Å². The zero-order chi connectivity index (χ0) is 42.9. The lowest BCUT2D eigenvalue weighted by Gasteiger charge is -2.32. The summed E-state index contributed by atoms with van der Waals surface area (Å²) >= 11 is 0. The molecule has 13 rings (SSSR count). The molecular weight excluding hydrogens is 791 g/mol. The van der Waals surface area contributed by atoms with Gasteiger partial charge in [0.15, 0.2) is 23.0 Å². The van der Waals surface area contributed by atoms with Crippen LogP contribution in [0.2, 0.25) is 0 Å². The number of para-hydroxylation sites is 1. The SMILES string of the molecule is C1=CCC=CC(c2ccccc2-c2ccc(N(c3ccc4c(c3)Oc3cc5c(cc3O4)-c3ccccc3C53c4ccccc4-c4ccccc43)c3ccccc3-c3ccccc3)cc2)=C1. The Kier molecular flexibility index (Phi) is 8.50. The summed E-state index contributed by atoms with van der Waals surface area (Å²) in [6.07, 6.45) is 11.9. The largest absolute Gasteiger partial charge is 0.449 e. The number of hydrogen-bond donors (Lipinski definition) is 0. The Morgan fingerprint density at radius 2 is 0.908 bits per heavy atom. The highest BCUT2D eigenvalue weighted by atomic mass is 16.6. The molecule has 306 valence electrons. The van der Waals surface area contributed by atoms with Crippen molar-refractivity contribution < 1.29 is 9.47 Å². The third-order valence-electron chi connectivity index (χ3n) is 13.6. The van der Waals surface area contributed by atoms with Crippen LogP contribution >= 0.6 is 0 Å². The van der Waals surface area contributed by atoms with Gasteiger partial charge in [0, 0.05) is 17.3 Å². The summed E-state index contributed by atoms with van der Waals surface area (Å²) in [5.74, 6) is 2.76. The fourth-order valence-electron chi connectivity index (χ4n) is 10.8. The van der Waals surface area contributed by atoms with Crippen molar-refractivity contribution in [1.29, 1.82) is 0 Å². The highest BCUT2D eigenvalue weighted by Gasteiger charge is 2.52. The van der Waals surface area contributed by atoms with Gasteiger partial charge in [0.05, 0.1) is 16.8 Å². The van der Waals surface area contributed by atoms with Crippen LogP contribution in [0.5, 0.6) is 23.0 Å². The van der Waals surface area contributed by atoms with Gasteiger partial charge in [-0.1, -0.05) is 188 Å². The van der Waals surface area contributed by atoms with E-state index < -0.39 is 5.41 Å². The first-order valence-corrected chi connectivity index (χ1v) is 22.4. The van der Waals surface area contributed by atoms with Crippen molar-refractivity contribution in [2.24, 2.45) is 0 Å². The van der Waals surface area contributed by atoms with E-state index in [0.29, 0.717) is 23.0 Å². The predicted octanol–water partition coefficient (Wildman–Crippen LogP) is 16.6. The number of allylic oxidation sites excluding steroid dienone is 6. The third-order valence-corrected chi connectivity index (χ3v) is 13.6. The van der Waals surface area contributed by atoms with E-state index in [1.54, 1.807) is 0 Å². The van der Waals surface area contributed by atoms with Crippen LogP contribution in [0.1, 0.15) is 34.2 Å². The maximum absolute atomic E-state index is 7.05. The first-order chi connectivity index (χ1) is 32.2. The number of anilines is 3. The lowest BCUT2D eigenvalue weighted by molar-refractivity contribution is 0.359. The Balaban J connectivity index is 0.934. The highest BCUT2D eigenvalue weighted by Crippen LogP contribution is 2.64. The van der Waals surface area contributed by atoms with Crippen molar-refractivity contribution in [3.8, 4) is 67.5 Å². The average molecular weight is 832 g/mol. The van der Waals surface area contributed by atoms with E-state index in [-0.39, 0.29) is 0 Å². The second kappa shape index (κ2) is 14.9. The standard InChI is InChI=1S/C62H41NO2/c1-2-5-19-41(18-4-1)46-22-8-9-23-47(46)43-32-34-44(35-33-43)63(57-31-17-13-24-48(57)42-20-6-3-7-21-42)45-36-37-58-59(38-45)65-61-40-56-52(39-60(61)64-58)51-27-12-16-30-55(51)62(56)53-28-14-10-25-49(53)50-26-11-15-29-54(50)62/h1,3-40H,2H2. The first-order valence-electron chi connectivity index (χ1n) is 22.4. The predicted molar refractivity (Wildman–Crippen MR) is 266 cm³/mol. The number of benzene rings is 9. The average Bonchev–Trinajstić information content (AvgIpc) is 3.64. The molecule has 0 bridgehead atoms. The molecule has 1 spiro atoms. The lowest BCUT2D eigenvalue weighted by Crippen LogP contribution is -2.25. The molecule has 0 radical (unpaired) electrons. The molecule has 9 aromatic carbocycles. The van der Waals surface area contributed by atoms with Crippen molar-refractivity contribution in [3.05, 3.63) is 264 Å². The lowest BCUT2D eigenvalue weighted by atomic mass is 9.70. The highest BCUT2D eigenvalue weighted by molar-refractivity contribution is 5.96. The normalized spacial score (nSPS) is 14.1. The summed E-state index contributed by atoms with van der Waals surface area (Å²) in [7, 11) is 0. The van der Waals surface area contributed by atoms with Crippen LogP contribution in [-0.2, 0) is 5.41 Å². The molecule has 0 amide bonds. The second-order valence-corrected chi connectivity index (χ2v) is 17.1. The maximum atomic E-state index is 7.05. The van der Waals surface area contributed by atoms with Gasteiger partial charge < -0.3 is 14.4 Å². The molecular formula is C62H41NO2. The van der Waals surface area contributed by atoms with Gasteiger partial charge in [0.1, 0.15) is 0 Å². The van der Waals surface area contributed by atoms with Crippen molar-refractivity contribution in [2.75, 3.05) is 4.90 Å². The van der Waals surface area contributed by atoms with Crippen molar-refractivity contribution in [1.82, 2.24) is 0 Å². The molecule has 1 heterocycles. The summed E-state index contributed by atoms with van der Waals surface area (Å²) < 4.78 is 13.9. The van der Waals surface area contributed by atoms with Crippen LogP contribution in [0.4, 0.5) is 17.1 Å². The number of nitrogens with zero attached hydrogens (tertiary/aromatic N) is 1. The van der Waals surface area contributed by atoms with Gasteiger partial charge in [-0.05, 0) is 121 Å². The van der Waals surface area contributed by atoms with Gasteiger partial charge in [0.2, 0.25) is 0 Å². The van der Waals surface area contributed by atoms with Gasteiger partial charge in [-0.25, -0.2) is 0 Å². The van der Waals surface area contributed by atoms with Crippen molar-refractivity contribution >= 4 is 22.6 Å². The molecule has 65 heavy (non-hydrogen) atoms. The number of rotatable bonds is 6. The minimum absolute atomic E-state index is 0.481. The van der Waals surface area contributed by atoms with Crippen LogP contribution in [0.15, 0.2) is 237 Å². The minimum atomic E-state index is -0.481. The van der Waals surface area contributed by atoms with Gasteiger partial charge in [-0.2, -0.15) is 0 Å². The molecule has 9 aromatic rings. The van der Waals surface area contributed by atoms with E-state index >= 15 is 0 Å². The molecule has 0 saturated carbocycles. The van der Waals surface area contributed by atoms with E-state index in [1.165, 1.54) is 61.2 Å². The van der Waals surface area contributed by atoms with Crippen LogP contribution < -0.4 is 14.4 Å². The Hall–Kier alpha value is -8.40. The molecule has 0 unspecified atom stereocenters. The van der Waals surface area contributed by atoms with Gasteiger partial charge in [-0.15, -0.1) is 0 Å². The van der Waals surface area contributed by atoms with Crippen molar-refractivity contribution in [2.45, 2.75) is 11.8 Å². The molecule has 0 fully saturated rings. The molecule has 0 N–H and O–H groups in total. The quantitative estimate of drug-likeness (QED) is 0.167. The number of hydrogen-bond acceptors (Lipinski definition) is 3. The number of fused-ring (bicyclic) bond motifs is 12. The van der Waals surface area contributed by atoms with Gasteiger partial charge in [-0.3, -0.25) is 0 Å². The van der Waals surface area contributed by atoms with Gasteiger partial charge in [0.25, 0.3) is 0 Å². The van der Waals surface area contributed by atoms with E-state index in [9.17, 15) is 0 Å². The fraction of sp³-hybridized carbons (Fsp3) is 0.0323. The summed E-state index contributed by atoms with van der Waals surface area (Å²) in [4.78, 5) is 2.33. The first kappa shape index (κ1) is 37.2. The molecule has 0 aromatic heterocycles. The monoisotopic (exact) mass is 831 g/mol. The summed E-state index contributed by atoms with van der Waals surface area (Å²) in [5.41, 5.74) is 19.6. The van der Waals surface area contributed by atoms with Crippen LogP contribution in [-0.4, -0.2) is 0 Å². The summed E-state index contributed by atoms with van der Waals surface area (Å²) in [5, 5.41) is 0. The Labute approximate surface area is 379 Å². The van der Waals surface area contributed by atoms with E-state index in [4.69, 9.17) is 9.47 Å². The maximum Gasteiger partial charge on any atom is 0.172 e. The Morgan fingerprint density at radius 3 is 1.63 bits per heavy atom. The Morgan fingerprint density at radius 1 is 0.369 bits per heavy atom. The van der Waals surface area contributed by atoms with Crippen LogP contribution in [0, 0.1) is 0 Å². The topological polar surface area (TPSA) is 21.7 Å². The van der Waals surface area contributed by atoms with E-state index in [0.717, 1.165) is 40.2 Å². The van der Waals surface area contributed by atoms with E-state index in [2.05, 4.69) is 235 Å². The Bertz CT molecular complexity index is 3420. The third kappa shape index (κ3) is 5.76. The van der Waals surface area contributed by atoms with Crippen LogP contribution in [0.3, 0.4) is 0 Å². The molecule has 1 aliphatic heterocycles.